The molecular weight excluding hydrogens is 314 g/mol. The van der Waals surface area contributed by atoms with E-state index in [1.54, 1.807) is 0 Å². The van der Waals surface area contributed by atoms with Crippen LogP contribution in [-0.4, -0.2) is 19.2 Å². The quantitative estimate of drug-likeness (QED) is 0.831. The van der Waals surface area contributed by atoms with Gasteiger partial charge in [-0.3, -0.25) is 0 Å². The molecule has 2 aromatic rings. The van der Waals surface area contributed by atoms with Crippen LogP contribution in [0, 0.1) is 5.92 Å². The number of benzene rings is 2. The molecule has 0 aliphatic rings. The Morgan fingerprint density at radius 3 is 2.55 bits per heavy atom. The van der Waals surface area contributed by atoms with E-state index < -0.39 is 0 Å². The molecule has 0 aliphatic heterocycles. The van der Waals surface area contributed by atoms with Crippen molar-refractivity contribution in [2.45, 2.75) is 26.9 Å². The van der Waals surface area contributed by atoms with Crippen molar-refractivity contribution in [1.29, 1.82) is 0 Å². The topological polar surface area (TPSA) is 21.3 Å². The normalized spacial score (nSPS) is 12.8. The summed E-state index contributed by atoms with van der Waals surface area (Å²) >= 11 is 3.66. The highest BCUT2D eigenvalue weighted by Crippen LogP contribution is 2.33. The van der Waals surface area contributed by atoms with Crippen molar-refractivity contribution < 1.29 is 4.74 Å². The molecule has 0 bridgehead atoms. The predicted octanol–water partition coefficient (Wildman–Crippen LogP) is 4.62. The molecule has 108 valence electrons. The van der Waals surface area contributed by atoms with E-state index in [4.69, 9.17) is 4.74 Å². The fourth-order valence-corrected chi connectivity index (χ4v) is 2.72. The molecule has 0 saturated heterocycles. The molecule has 1 unspecified atom stereocenters. The van der Waals surface area contributed by atoms with E-state index in [9.17, 15) is 0 Å². The van der Waals surface area contributed by atoms with E-state index in [-0.39, 0.29) is 6.10 Å². The summed E-state index contributed by atoms with van der Waals surface area (Å²) in [5.41, 5.74) is 0. The van der Waals surface area contributed by atoms with Crippen molar-refractivity contribution in [2.75, 3.05) is 13.1 Å². The lowest BCUT2D eigenvalue weighted by Gasteiger charge is -2.18. The fraction of sp³-hybridized carbons (Fsp3) is 0.412. The molecule has 20 heavy (non-hydrogen) atoms. The van der Waals surface area contributed by atoms with Gasteiger partial charge in [0.15, 0.2) is 0 Å². The summed E-state index contributed by atoms with van der Waals surface area (Å²) in [6.45, 7) is 8.38. The number of nitrogens with one attached hydrogen (secondary N) is 1. The van der Waals surface area contributed by atoms with Crippen molar-refractivity contribution in [3.8, 4) is 5.75 Å². The second-order valence-electron chi connectivity index (χ2n) is 5.58. The van der Waals surface area contributed by atoms with Gasteiger partial charge in [-0.1, -0.05) is 44.2 Å². The molecule has 0 fully saturated rings. The van der Waals surface area contributed by atoms with Gasteiger partial charge >= 0.3 is 0 Å². The minimum absolute atomic E-state index is 0.145. The Morgan fingerprint density at radius 1 is 1.05 bits per heavy atom. The Balaban J connectivity index is 2.04. The first-order valence-electron chi connectivity index (χ1n) is 7.12. The third kappa shape index (κ3) is 3.97. The van der Waals surface area contributed by atoms with Crippen molar-refractivity contribution in [3.63, 3.8) is 0 Å². The lowest BCUT2D eigenvalue weighted by Crippen LogP contribution is -2.31. The minimum Gasteiger partial charge on any atom is -0.488 e. The SMILES string of the molecule is CC(C)CNCC(C)Oc1ccc2ccccc2c1Br. The minimum atomic E-state index is 0.145. The predicted molar refractivity (Wildman–Crippen MR) is 89.4 cm³/mol. The summed E-state index contributed by atoms with van der Waals surface area (Å²) in [6.07, 6.45) is 0.145. The Labute approximate surface area is 129 Å². The van der Waals surface area contributed by atoms with Crippen LogP contribution in [0.1, 0.15) is 20.8 Å². The number of ether oxygens (including phenoxy) is 1. The number of rotatable bonds is 6. The summed E-state index contributed by atoms with van der Waals surface area (Å²) in [7, 11) is 0. The highest BCUT2D eigenvalue weighted by molar-refractivity contribution is 9.10. The Bertz CT molecular complexity index is 568. The smallest absolute Gasteiger partial charge is 0.134 e. The average Bonchev–Trinajstić information content (AvgIpc) is 2.42. The first-order chi connectivity index (χ1) is 9.58. The van der Waals surface area contributed by atoms with Gasteiger partial charge in [-0.25, -0.2) is 0 Å². The summed E-state index contributed by atoms with van der Waals surface area (Å²) < 4.78 is 7.06. The van der Waals surface area contributed by atoms with Gasteiger partial charge in [0, 0.05) is 6.54 Å². The monoisotopic (exact) mass is 335 g/mol. The molecule has 0 amide bonds. The molecule has 1 atom stereocenters. The first-order valence-corrected chi connectivity index (χ1v) is 7.92. The Hall–Kier alpha value is -1.06. The van der Waals surface area contributed by atoms with Crippen LogP contribution in [0.5, 0.6) is 5.75 Å². The molecule has 2 aromatic carbocycles. The summed E-state index contributed by atoms with van der Waals surface area (Å²) in [6, 6.07) is 12.4. The summed E-state index contributed by atoms with van der Waals surface area (Å²) in [5.74, 6) is 1.57. The van der Waals surface area contributed by atoms with Crippen LogP contribution in [0.3, 0.4) is 0 Å². The zero-order valence-electron chi connectivity index (χ0n) is 12.3. The van der Waals surface area contributed by atoms with Gasteiger partial charge in [0.2, 0.25) is 0 Å². The van der Waals surface area contributed by atoms with E-state index in [1.165, 1.54) is 10.8 Å². The van der Waals surface area contributed by atoms with Gasteiger partial charge in [0.1, 0.15) is 11.9 Å². The lowest BCUT2D eigenvalue weighted by molar-refractivity contribution is 0.214. The third-order valence-corrected chi connectivity index (χ3v) is 3.96. The van der Waals surface area contributed by atoms with Gasteiger partial charge in [-0.05, 0) is 52.2 Å². The van der Waals surface area contributed by atoms with E-state index in [2.05, 4.69) is 60.2 Å². The number of halogens is 1. The molecule has 0 spiro atoms. The molecule has 1 N–H and O–H groups in total. The van der Waals surface area contributed by atoms with Crippen LogP contribution in [0.25, 0.3) is 10.8 Å². The van der Waals surface area contributed by atoms with Crippen LogP contribution in [0.4, 0.5) is 0 Å². The third-order valence-electron chi connectivity index (χ3n) is 3.14. The van der Waals surface area contributed by atoms with Crippen LogP contribution >= 0.6 is 15.9 Å². The lowest BCUT2D eigenvalue weighted by atomic mass is 10.1. The van der Waals surface area contributed by atoms with Crippen molar-refractivity contribution in [1.82, 2.24) is 5.32 Å². The Morgan fingerprint density at radius 2 is 1.80 bits per heavy atom. The van der Waals surface area contributed by atoms with Gasteiger partial charge in [0.25, 0.3) is 0 Å². The molecule has 2 rings (SSSR count). The van der Waals surface area contributed by atoms with Crippen molar-refractivity contribution >= 4 is 26.7 Å². The highest BCUT2D eigenvalue weighted by Gasteiger charge is 2.09. The summed E-state index contributed by atoms with van der Waals surface area (Å²) in [5, 5.41) is 5.83. The first kappa shape index (κ1) is 15.3. The van der Waals surface area contributed by atoms with Crippen molar-refractivity contribution in [2.24, 2.45) is 5.92 Å². The van der Waals surface area contributed by atoms with E-state index in [1.807, 2.05) is 18.2 Å². The van der Waals surface area contributed by atoms with Gasteiger partial charge in [-0.15, -0.1) is 0 Å². The second kappa shape index (κ2) is 7.09. The zero-order valence-corrected chi connectivity index (χ0v) is 13.9. The second-order valence-corrected chi connectivity index (χ2v) is 6.37. The van der Waals surface area contributed by atoms with Gasteiger partial charge in [-0.2, -0.15) is 0 Å². The summed E-state index contributed by atoms with van der Waals surface area (Å²) in [4.78, 5) is 0. The van der Waals surface area contributed by atoms with Crippen LogP contribution in [-0.2, 0) is 0 Å². The highest BCUT2D eigenvalue weighted by atomic mass is 79.9. The molecular formula is C17H22BrNO. The molecule has 2 nitrogen and oxygen atoms in total. The van der Waals surface area contributed by atoms with Crippen LogP contribution in [0.15, 0.2) is 40.9 Å². The number of hydrogen-bond donors (Lipinski definition) is 1. The average molecular weight is 336 g/mol. The molecule has 0 aliphatic carbocycles. The molecule has 0 aromatic heterocycles. The Kier molecular flexibility index (Phi) is 5.44. The van der Waals surface area contributed by atoms with Crippen LogP contribution < -0.4 is 10.1 Å². The van der Waals surface area contributed by atoms with E-state index in [0.29, 0.717) is 5.92 Å². The maximum absolute atomic E-state index is 6.03. The van der Waals surface area contributed by atoms with Crippen LogP contribution in [0.2, 0.25) is 0 Å². The maximum atomic E-state index is 6.03. The molecule has 3 heteroatoms. The number of hydrogen-bond acceptors (Lipinski definition) is 2. The number of fused-ring (bicyclic) bond motifs is 1. The van der Waals surface area contributed by atoms with Gasteiger partial charge < -0.3 is 10.1 Å². The van der Waals surface area contributed by atoms with Crippen molar-refractivity contribution in [3.05, 3.63) is 40.9 Å². The zero-order chi connectivity index (χ0) is 14.5. The molecule has 0 heterocycles. The maximum Gasteiger partial charge on any atom is 0.134 e. The van der Waals surface area contributed by atoms with Gasteiger partial charge in [0.05, 0.1) is 4.47 Å². The van der Waals surface area contributed by atoms with E-state index in [0.717, 1.165) is 23.3 Å². The largest absolute Gasteiger partial charge is 0.488 e. The standard InChI is InChI=1S/C17H22BrNO/c1-12(2)10-19-11-13(3)20-16-9-8-14-6-4-5-7-15(14)17(16)18/h4-9,12-13,19H,10-11H2,1-3H3. The fourth-order valence-electron chi connectivity index (χ4n) is 2.14. The molecule has 0 radical (unpaired) electrons. The molecule has 0 saturated carbocycles. The van der Waals surface area contributed by atoms with E-state index >= 15 is 0 Å².